The van der Waals surface area contributed by atoms with Gasteiger partial charge in [0.25, 0.3) is 0 Å². The lowest BCUT2D eigenvalue weighted by Gasteiger charge is -2.35. The van der Waals surface area contributed by atoms with Gasteiger partial charge >= 0.3 is 0 Å². The smallest absolute Gasteiger partial charge is 0.222 e. The Morgan fingerprint density at radius 3 is 2.88 bits per heavy atom. The first-order chi connectivity index (χ1) is 8.31. The van der Waals surface area contributed by atoms with Crippen LogP contribution >= 0.6 is 15.9 Å². The average Bonchev–Trinajstić information content (AvgIpc) is 2.79. The summed E-state index contributed by atoms with van der Waals surface area (Å²) in [4.78, 5) is 11.2. The van der Waals surface area contributed by atoms with Crippen molar-refractivity contribution in [1.82, 2.24) is 14.9 Å². The minimum Gasteiger partial charge on any atom is -0.351 e. The standard InChI is InChI=1S/C12H17BrN4/c13-9-7-14-12(15-8-9)16-10-3-5-17-4-1-2-11(17)6-10/h7-8,10-11H,1-6H2,(H,14,15,16)/t10-,11-/m0/s1. The number of hydrogen-bond donors (Lipinski definition) is 1. The monoisotopic (exact) mass is 296 g/mol. The Hall–Kier alpha value is -0.680. The third-order valence-corrected chi connectivity index (χ3v) is 4.18. The number of anilines is 1. The van der Waals surface area contributed by atoms with Crippen LogP contribution in [0.15, 0.2) is 16.9 Å². The van der Waals surface area contributed by atoms with Crippen LogP contribution < -0.4 is 5.32 Å². The van der Waals surface area contributed by atoms with Gasteiger partial charge in [-0.1, -0.05) is 0 Å². The van der Waals surface area contributed by atoms with Crippen molar-refractivity contribution < 1.29 is 0 Å². The number of aromatic nitrogens is 2. The molecular formula is C12H17BrN4. The Morgan fingerprint density at radius 2 is 2.06 bits per heavy atom. The van der Waals surface area contributed by atoms with Crippen LogP contribution in [0.2, 0.25) is 0 Å². The lowest BCUT2D eigenvalue weighted by atomic mass is 9.98. The minimum absolute atomic E-state index is 0.538. The molecule has 2 fully saturated rings. The van der Waals surface area contributed by atoms with Crippen LogP contribution in [-0.2, 0) is 0 Å². The first kappa shape index (κ1) is 11.4. The second-order valence-electron chi connectivity index (χ2n) is 4.92. The highest BCUT2D eigenvalue weighted by molar-refractivity contribution is 9.10. The molecule has 92 valence electrons. The van der Waals surface area contributed by atoms with Crippen LogP contribution in [0, 0.1) is 0 Å². The van der Waals surface area contributed by atoms with E-state index in [4.69, 9.17) is 0 Å². The molecule has 2 aliphatic heterocycles. The Morgan fingerprint density at radius 1 is 1.24 bits per heavy atom. The topological polar surface area (TPSA) is 41.1 Å². The maximum absolute atomic E-state index is 4.28. The lowest BCUT2D eigenvalue weighted by Crippen LogP contribution is -2.42. The normalized spacial score (nSPS) is 29.0. The van der Waals surface area contributed by atoms with Gasteiger partial charge in [0.15, 0.2) is 0 Å². The molecule has 0 amide bonds. The highest BCUT2D eigenvalue weighted by Crippen LogP contribution is 2.27. The minimum atomic E-state index is 0.538. The van der Waals surface area contributed by atoms with Gasteiger partial charge in [-0.2, -0.15) is 0 Å². The number of nitrogens with one attached hydrogen (secondary N) is 1. The molecular weight excluding hydrogens is 280 g/mol. The van der Waals surface area contributed by atoms with E-state index in [1.807, 2.05) is 0 Å². The highest BCUT2D eigenvalue weighted by atomic mass is 79.9. The summed E-state index contributed by atoms with van der Waals surface area (Å²) in [5, 5.41) is 3.45. The van der Waals surface area contributed by atoms with Crippen LogP contribution in [0.3, 0.4) is 0 Å². The summed E-state index contributed by atoms with van der Waals surface area (Å²) in [7, 11) is 0. The van der Waals surface area contributed by atoms with Gasteiger partial charge in [-0.3, -0.25) is 0 Å². The number of halogens is 1. The number of rotatable bonds is 2. The fraction of sp³-hybridized carbons (Fsp3) is 0.667. The van der Waals surface area contributed by atoms with Crippen LogP contribution in [0.25, 0.3) is 0 Å². The zero-order chi connectivity index (χ0) is 11.7. The quantitative estimate of drug-likeness (QED) is 0.909. The van der Waals surface area contributed by atoms with Crippen LogP contribution in [0.5, 0.6) is 0 Å². The van der Waals surface area contributed by atoms with Crippen molar-refractivity contribution in [2.24, 2.45) is 0 Å². The van der Waals surface area contributed by atoms with E-state index in [0.717, 1.165) is 16.5 Å². The molecule has 0 aromatic carbocycles. The number of hydrogen-bond acceptors (Lipinski definition) is 4. The first-order valence-electron chi connectivity index (χ1n) is 6.29. The molecule has 17 heavy (non-hydrogen) atoms. The van der Waals surface area contributed by atoms with Gasteiger partial charge in [-0.25, -0.2) is 9.97 Å². The second-order valence-corrected chi connectivity index (χ2v) is 5.84. The SMILES string of the molecule is Brc1cnc(N[C@H]2CCN3CCC[C@H]3C2)nc1. The molecule has 2 saturated heterocycles. The molecule has 0 radical (unpaired) electrons. The fourth-order valence-electron chi connectivity index (χ4n) is 2.92. The molecule has 0 saturated carbocycles. The maximum Gasteiger partial charge on any atom is 0.222 e. The summed E-state index contributed by atoms with van der Waals surface area (Å²) in [5.41, 5.74) is 0. The van der Waals surface area contributed by atoms with E-state index >= 15 is 0 Å². The maximum atomic E-state index is 4.28. The molecule has 0 spiro atoms. The van der Waals surface area contributed by atoms with Crippen molar-refractivity contribution in [1.29, 1.82) is 0 Å². The van der Waals surface area contributed by atoms with Crippen LogP contribution in [0.1, 0.15) is 25.7 Å². The molecule has 0 unspecified atom stereocenters. The molecule has 2 aliphatic rings. The summed E-state index contributed by atoms with van der Waals surface area (Å²) in [6, 6.07) is 1.33. The zero-order valence-electron chi connectivity index (χ0n) is 9.77. The third kappa shape index (κ3) is 2.60. The van der Waals surface area contributed by atoms with Crippen molar-refractivity contribution in [2.75, 3.05) is 18.4 Å². The van der Waals surface area contributed by atoms with Gasteiger partial charge in [-0.05, 0) is 48.2 Å². The zero-order valence-corrected chi connectivity index (χ0v) is 11.4. The number of nitrogens with zero attached hydrogens (tertiary/aromatic N) is 3. The predicted molar refractivity (Wildman–Crippen MR) is 71.0 cm³/mol. The summed E-state index contributed by atoms with van der Waals surface area (Å²) in [6.45, 7) is 2.52. The van der Waals surface area contributed by atoms with Crippen molar-refractivity contribution >= 4 is 21.9 Å². The van der Waals surface area contributed by atoms with Crippen molar-refractivity contribution in [2.45, 2.75) is 37.8 Å². The number of piperidine rings is 1. The Kier molecular flexibility index (Phi) is 3.29. The van der Waals surface area contributed by atoms with Crippen LogP contribution in [-0.4, -0.2) is 40.0 Å². The molecule has 3 rings (SSSR count). The Labute approximate surface area is 110 Å². The molecule has 0 bridgehead atoms. The van der Waals surface area contributed by atoms with E-state index in [1.165, 1.54) is 38.8 Å². The summed E-state index contributed by atoms with van der Waals surface area (Å²) in [5.74, 6) is 0.754. The van der Waals surface area contributed by atoms with Gasteiger partial charge in [0.2, 0.25) is 5.95 Å². The van der Waals surface area contributed by atoms with Gasteiger partial charge in [0.05, 0.1) is 4.47 Å². The average molecular weight is 297 g/mol. The Balaban J connectivity index is 1.60. The molecule has 0 aliphatic carbocycles. The van der Waals surface area contributed by atoms with Gasteiger partial charge in [0, 0.05) is 31.0 Å². The predicted octanol–water partition coefficient (Wildman–Crippen LogP) is 2.28. The lowest BCUT2D eigenvalue weighted by molar-refractivity contribution is 0.188. The van der Waals surface area contributed by atoms with Crippen molar-refractivity contribution in [3.05, 3.63) is 16.9 Å². The molecule has 2 atom stereocenters. The molecule has 1 aromatic heterocycles. The van der Waals surface area contributed by atoms with Crippen molar-refractivity contribution in [3.63, 3.8) is 0 Å². The van der Waals surface area contributed by atoms with E-state index in [9.17, 15) is 0 Å². The van der Waals surface area contributed by atoms with E-state index in [-0.39, 0.29) is 0 Å². The van der Waals surface area contributed by atoms with E-state index in [1.54, 1.807) is 12.4 Å². The number of fused-ring (bicyclic) bond motifs is 1. The fourth-order valence-corrected chi connectivity index (χ4v) is 3.13. The molecule has 3 heterocycles. The summed E-state index contributed by atoms with van der Waals surface area (Å²) >= 11 is 3.35. The first-order valence-corrected chi connectivity index (χ1v) is 7.09. The third-order valence-electron chi connectivity index (χ3n) is 3.77. The Bertz CT molecular complexity index is 381. The highest BCUT2D eigenvalue weighted by Gasteiger charge is 2.31. The van der Waals surface area contributed by atoms with Gasteiger partial charge < -0.3 is 10.2 Å². The van der Waals surface area contributed by atoms with Gasteiger partial charge in [0.1, 0.15) is 0 Å². The van der Waals surface area contributed by atoms with Gasteiger partial charge in [-0.15, -0.1) is 0 Å². The summed E-state index contributed by atoms with van der Waals surface area (Å²) < 4.78 is 0.925. The largest absolute Gasteiger partial charge is 0.351 e. The van der Waals surface area contributed by atoms with Crippen molar-refractivity contribution in [3.8, 4) is 0 Å². The molecule has 5 heteroatoms. The molecule has 4 nitrogen and oxygen atoms in total. The van der Waals surface area contributed by atoms with E-state index < -0.39 is 0 Å². The van der Waals surface area contributed by atoms with E-state index in [0.29, 0.717) is 6.04 Å². The van der Waals surface area contributed by atoms with Crippen LogP contribution in [0.4, 0.5) is 5.95 Å². The second kappa shape index (κ2) is 4.90. The molecule has 1 N–H and O–H groups in total. The van der Waals surface area contributed by atoms with E-state index in [2.05, 4.69) is 36.1 Å². The summed E-state index contributed by atoms with van der Waals surface area (Å²) in [6.07, 6.45) is 8.75. The molecule has 1 aromatic rings.